The average molecular weight is 380 g/mol. The summed E-state index contributed by atoms with van der Waals surface area (Å²) >= 11 is 3.39. The molecule has 0 spiro atoms. The third kappa shape index (κ3) is 5.83. The Hall–Kier alpha value is -2.21. The molecule has 0 aliphatic carbocycles. The van der Waals surface area contributed by atoms with Gasteiger partial charge in [0, 0.05) is 11.0 Å². The van der Waals surface area contributed by atoms with Gasteiger partial charge in [-0.25, -0.2) is 4.39 Å². The van der Waals surface area contributed by atoms with E-state index in [0.29, 0.717) is 12.1 Å². The summed E-state index contributed by atoms with van der Waals surface area (Å²) in [6.07, 6.45) is -0.00219. The standard InChI is InChI=1S/C17H15BrFNO3/c18-15-4-2-1-3-13(15)10-20-16(21)11-23-17(22)9-12-5-7-14(19)8-6-12/h1-8H,9-11H2,(H,20,21). The number of esters is 1. The fourth-order valence-corrected chi connectivity index (χ4v) is 2.28. The van der Waals surface area contributed by atoms with Gasteiger partial charge in [0.25, 0.3) is 5.91 Å². The third-order valence-electron chi connectivity index (χ3n) is 3.06. The quantitative estimate of drug-likeness (QED) is 0.784. The fraction of sp³-hybridized carbons (Fsp3) is 0.176. The van der Waals surface area contributed by atoms with E-state index in [2.05, 4.69) is 21.2 Å². The molecule has 1 N–H and O–H groups in total. The van der Waals surface area contributed by atoms with E-state index in [1.807, 2.05) is 24.3 Å². The van der Waals surface area contributed by atoms with Gasteiger partial charge in [-0.1, -0.05) is 46.3 Å². The first-order valence-electron chi connectivity index (χ1n) is 6.95. The predicted molar refractivity (Wildman–Crippen MR) is 87.1 cm³/mol. The first-order chi connectivity index (χ1) is 11.0. The second-order valence-corrected chi connectivity index (χ2v) is 5.69. The van der Waals surface area contributed by atoms with Gasteiger partial charge in [-0.2, -0.15) is 0 Å². The average Bonchev–Trinajstić information content (AvgIpc) is 2.54. The second-order valence-electron chi connectivity index (χ2n) is 4.83. The first-order valence-corrected chi connectivity index (χ1v) is 7.74. The smallest absolute Gasteiger partial charge is 0.310 e. The fourth-order valence-electron chi connectivity index (χ4n) is 1.85. The van der Waals surface area contributed by atoms with Crippen LogP contribution in [-0.4, -0.2) is 18.5 Å². The predicted octanol–water partition coefficient (Wildman–Crippen LogP) is 2.99. The number of amides is 1. The van der Waals surface area contributed by atoms with Crippen molar-refractivity contribution in [2.24, 2.45) is 0 Å². The summed E-state index contributed by atoms with van der Waals surface area (Å²) in [5.74, 6) is -1.28. The van der Waals surface area contributed by atoms with Gasteiger partial charge in [0.05, 0.1) is 6.42 Å². The summed E-state index contributed by atoms with van der Waals surface area (Å²) in [7, 11) is 0. The minimum absolute atomic E-state index is 0.00219. The molecule has 1 amide bonds. The number of hydrogen-bond acceptors (Lipinski definition) is 3. The zero-order chi connectivity index (χ0) is 16.7. The van der Waals surface area contributed by atoms with Crippen molar-refractivity contribution >= 4 is 27.8 Å². The zero-order valence-electron chi connectivity index (χ0n) is 12.2. The van der Waals surface area contributed by atoms with Gasteiger partial charge in [-0.3, -0.25) is 9.59 Å². The van der Waals surface area contributed by atoms with Crippen LogP contribution in [0.3, 0.4) is 0 Å². The molecule has 0 fully saturated rings. The van der Waals surface area contributed by atoms with Crippen molar-refractivity contribution in [1.29, 1.82) is 0 Å². The molecule has 0 unspecified atom stereocenters. The van der Waals surface area contributed by atoms with Crippen LogP contribution in [0.5, 0.6) is 0 Å². The summed E-state index contributed by atoms with van der Waals surface area (Å²) in [6.45, 7) is 0.000248. The molecule has 0 saturated heterocycles. The third-order valence-corrected chi connectivity index (χ3v) is 3.83. The van der Waals surface area contributed by atoms with E-state index >= 15 is 0 Å². The molecule has 0 aromatic heterocycles. The van der Waals surface area contributed by atoms with Crippen LogP contribution < -0.4 is 5.32 Å². The Morgan fingerprint density at radius 2 is 1.78 bits per heavy atom. The van der Waals surface area contributed by atoms with Crippen LogP contribution in [0.4, 0.5) is 4.39 Å². The monoisotopic (exact) mass is 379 g/mol. The Morgan fingerprint density at radius 1 is 1.09 bits per heavy atom. The van der Waals surface area contributed by atoms with E-state index in [9.17, 15) is 14.0 Å². The van der Waals surface area contributed by atoms with Crippen molar-refractivity contribution in [3.05, 3.63) is 69.9 Å². The van der Waals surface area contributed by atoms with E-state index in [0.717, 1.165) is 10.0 Å². The largest absolute Gasteiger partial charge is 0.455 e. The van der Waals surface area contributed by atoms with Crippen LogP contribution in [-0.2, 0) is 27.3 Å². The number of nitrogens with one attached hydrogen (secondary N) is 1. The summed E-state index contributed by atoms with van der Waals surface area (Å²) in [4.78, 5) is 23.3. The summed E-state index contributed by atoms with van der Waals surface area (Å²) in [5, 5.41) is 2.67. The molecule has 0 atom stereocenters. The molecular formula is C17H15BrFNO3. The highest BCUT2D eigenvalue weighted by Crippen LogP contribution is 2.15. The maximum atomic E-state index is 12.8. The normalized spacial score (nSPS) is 10.2. The molecule has 0 radical (unpaired) electrons. The van der Waals surface area contributed by atoms with Crippen LogP contribution in [0, 0.1) is 5.82 Å². The lowest BCUT2D eigenvalue weighted by Crippen LogP contribution is -2.28. The van der Waals surface area contributed by atoms with Crippen LogP contribution in [0.15, 0.2) is 53.0 Å². The lowest BCUT2D eigenvalue weighted by molar-refractivity contribution is -0.147. The van der Waals surface area contributed by atoms with E-state index in [1.54, 1.807) is 0 Å². The van der Waals surface area contributed by atoms with Crippen molar-refractivity contribution in [3.8, 4) is 0 Å². The summed E-state index contributed by atoms with van der Waals surface area (Å²) < 4.78 is 18.6. The molecule has 0 aliphatic heterocycles. The maximum Gasteiger partial charge on any atom is 0.310 e. The van der Waals surface area contributed by atoms with Crippen molar-refractivity contribution < 1.29 is 18.7 Å². The molecule has 0 bridgehead atoms. The maximum absolute atomic E-state index is 12.8. The van der Waals surface area contributed by atoms with E-state index in [4.69, 9.17) is 4.74 Å². The number of benzene rings is 2. The Balaban J connectivity index is 1.72. The van der Waals surface area contributed by atoms with E-state index < -0.39 is 5.97 Å². The van der Waals surface area contributed by atoms with Gasteiger partial charge < -0.3 is 10.1 Å². The number of hydrogen-bond donors (Lipinski definition) is 1. The number of carbonyl (C=O) groups is 2. The zero-order valence-corrected chi connectivity index (χ0v) is 13.8. The number of rotatable bonds is 6. The van der Waals surface area contributed by atoms with Gasteiger partial charge in [0.1, 0.15) is 5.82 Å². The van der Waals surface area contributed by atoms with Crippen molar-refractivity contribution in [3.63, 3.8) is 0 Å². The van der Waals surface area contributed by atoms with Crippen LogP contribution >= 0.6 is 15.9 Å². The lowest BCUT2D eigenvalue weighted by Gasteiger charge is -2.08. The van der Waals surface area contributed by atoms with E-state index in [-0.39, 0.29) is 24.8 Å². The highest BCUT2D eigenvalue weighted by atomic mass is 79.9. The Kier molecular flexibility index (Phi) is 6.29. The first kappa shape index (κ1) is 17.1. The Bertz CT molecular complexity index is 688. The van der Waals surface area contributed by atoms with Gasteiger partial charge in [-0.05, 0) is 29.3 Å². The van der Waals surface area contributed by atoms with Crippen LogP contribution in [0.2, 0.25) is 0 Å². The molecule has 120 valence electrons. The molecule has 0 saturated carbocycles. The Labute approximate surface area is 141 Å². The number of carbonyl (C=O) groups excluding carboxylic acids is 2. The summed E-state index contributed by atoms with van der Waals surface area (Å²) in [5.41, 5.74) is 1.56. The number of ether oxygens (including phenoxy) is 1. The molecule has 0 aliphatic rings. The molecule has 0 heterocycles. The van der Waals surface area contributed by atoms with Gasteiger partial charge in [-0.15, -0.1) is 0 Å². The molecule has 6 heteroatoms. The minimum atomic E-state index is -0.535. The minimum Gasteiger partial charge on any atom is -0.455 e. The molecule has 23 heavy (non-hydrogen) atoms. The molecular weight excluding hydrogens is 365 g/mol. The molecule has 2 aromatic carbocycles. The van der Waals surface area contributed by atoms with Crippen LogP contribution in [0.25, 0.3) is 0 Å². The molecule has 2 aromatic rings. The summed E-state index contributed by atoms with van der Waals surface area (Å²) in [6, 6.07) is 13.1. The molecule has 2 rings (SSSR count). The van der Waals surface area contributed by atoms with Crippen molar-refractivity contribution in [2.45, 2.75) is 13.0 Å². The molecule has 4 nitrogen and oxygen atoms in total. The highest BCUT2D eigenvalue weighted by molar-refractivity contribution is 9.10. The second kappa shape index (κ2) is 8.43. The van der Waals surface area contributed by atoms with Crippen molar-refractivity contribution in [1.82, 2.24) is 5.32 Å². The highest BCUT2D eigenvalue weighted by Gasteiger charge is 2.09. The van der Waals surface area contributed by atoms with Crippen LogP contribution in [0.1, 0.15) is 11.1 Å². The number of halogens is 2. The van der Waals surface area contributed by atoms with Gasteiger partial charge >= 0.3 is 5.97 Å². The van der Waals surface area contributed by atoms with Gasteiger partial charge in [0.2, 0.25) is 0 Å². The lowest BCUT2D eigenvalue weighted by atomic mass is 10.1. The SMILES string of the molecule is O=C(COC(=O)Cc1ccc(F)cc1)NCc1ccccc1Br. The van der Waals surface area contributed by atoms with Gasteiger partial charge in [0.15, 0.2) is 6.61 Å². The van der Waals surface area contributed by atoms with Crippen molar-refractivity contribution in [2.75, 3.05) is 6.61 Å². The topological polar surface area (TPSA) is 55.4 Å². The van der Waals surface area contributed by atoms with E-state index in [1.165, 1.54) is 24.3 Å². The Morgan fingerprint density at radius 3 is 2.48 bits per heavy atom.